The van der Waals surface area contributed by atoms with Crippen molar-refractivity contribution >= 4 is 23.0 Å². The summed E-state index contributed by atoms with van der Waals surface area (Å²) in [7, 11) is -1.17. The second-order valence-corrected chi connectivity index (χ2v) is 8.68. The van der Waals surface area contributed by atoms with Gasteiger partial charge in [0.05, 0.1) is 0 Å². The van der Waals surface area contributed by atoms with Gasteiger partial charge in [-0.15, -0.1) is 0 Å². The van der Waals surface area contributed by atoms with Gasteiger partial charge in [0.15, 0.2) is 0 Å². The van der Waals surface area contributed by atoms with Crippen LogP contribution < -0.4 is 0 Å². The van der Waals surface area contributed by atoms with Gasteiger partial charge in [0.25, 0.3) is 0 Å². The average molecular weight is 382 g/mol. The second-order valence-electron chi connectivity index (χ2n) is 7.38. The number of nitrogens with zero attached hydrogens (tertiary/aromatic N) is 1. The van der Waals surface area contributed by atoms with E-state index in [2.05, 4.69) is 39.1 Å². The molecule has 0 aliphatic heterocycles. The molecule has 0 saturated heterocycles. The van der Waals surface area contributed by atoms with Crippen LogP contribution in [0.25, 0.3) is 0 Å². The summed E-state index contributed by atoms with van der Waals surface area (Å²) in [5.41, 5.74) is 1.46. The predicted octanol–water partition coefficient (Wildman–Crippen LogP) is 4.01. The lowest BCUT2D eigenvalue weighted by Gasteiger charge is -2.45. The van der Waals surface area contributed by atoms with Crippen molar-refractivity contribution in [3.63, 3.8) is 0 Å². The third kappa shape index (κ3) is 4.43. The average Bonchev–Trinajstić information content (AvgIpc) is 2.58. The number of halogens is 1. The van der Waals surface area contributed by atoms with E-state index in [4.69, 9.17) is 0 Å². The lowest BCUT2D eigenvalue weighted by atomic mass is 9.66. The molecule has 0 spiro atoms. The third-order valence-corrected chi connectivity index (χ3v) is 6.70. The smallest absolute Gasteiger partial charge is 0.427 e. The van der Waals surface area contributed by atoms with E-state index in [9.17, 15) is 10.0 Å². The summed E-state index contributed by atoms with van der Waals surface area (Å²) in [4.78, 5) is 3.39. The highest BCUT2D eigenvalue weighted by Crippen LogP contribution is 2.38. The molecule has 0 aromatic rings. The highest BCUT2D eigenvalue weighted by molar-refractivity contribution is 9.09. The van der Waals surface area contributed by atoms with Gasteiger partial charge in [0.2, 0.25) is 0 Å². The standard InChI is InChI=1S/C18H29BBrNO2/c20-15-8-12-18(13-9-15)21(16-4-2-1-3-5-16)17-10-6-14(7-11-17)19(22)23/h2,4,10,14-16,18,22-23H,1,3,5-9,11-13H2. The summed E-state index contributed by atoms with van der Waals surface area (Å²) in [6.45, 7) is 0. The fourth-order valence-electron chi connectivity index (χ4n) is 4.40. The second kappa shape index (κ2) is 8.22. The zero-order valence-electron chi connectivity index (χ0n) is 13.9. The first kappa shape index (κ1) is 17.6. The minimum atomic E-state index is -1.17. The molecule has 0 heterocycles. The van der Waals surface area contributed by atoms with Gasteiger partial charge in [-0.25, -0.2) is 0 Å². The highest BCUT2D eigenvalue weighted by Gasteiger charge is 2.33. The van der Waals surface area contributed by atoms with Crippen molar-refractivity contribution in [1.29, 1.82) is 0 Å². The number of hydrogen-bond acceptors (Lipinski definition) is 3. The van der Waals surface area contributed by atoms with Crippen molar-refractivity contribution in [2.45, 2.75) is 86.9 Å². The lowest BCUT2D eigenvalue weighted by molar-refractivity contribution is 0.152. The minimum Gasteiger partial charge on any atom is -0.427 e. The van der Waals surface area contributed by atoms with Gasteiger partial charge in [0, 0.05) is 22.6 Å². The quantitative estimate of drug-likeness (QED) is 0.439. The normalized spacial score (nSPS) is 34.8. The molecule has 3 nitrogen and oxygen atoms in total. The molecule has 2 N–H and O–H groups in total. The Morgan fingerprint density at radius 3 is 2.43 bits per heavy atom. The third-order valence-electron chi connectivity index (χ3n) is 5.79. The van der Waals surface area contributed by atoms with Gasteiger partial charge in [-0.1, -0.05) is 34.2 Å². The van der Waals surface area contributed by atoms with Crippen LogP contribution in [0.3, 0.4) is 0 Å². The van der Waals surface area contributed by atoms with Crippen LogP contribution in [-0.4, -0.2) is 39.0 Å². The molecule has 0 amide bonds. The summed E-state index contributed by atoms with van der Waals surface area (Å²) < 4.78 is 0. The maximum absolute atomic E-state index is 9.42. The van der Waals surface area contributed by atoms with E-state index in [-0.39, 0.29) is 5.82 Å². The van der Waals surface area contributed by atoms with E-state index in [1.165, 1.54) is 50.6 Å². The molecule has 5 heteroatoms. The Morgan fingerprint density at radius 2 is 1.87 bits per heavy atom. The van der Waals surface area contributed by atoms with Crippen LogP contribution in [0.5, 0.6) is 0 Å². The van der Waals surface area contributed by atoms with Crippen molar-refractivity contribution < 1.29 is 10.0 Å². The van der Waals surface area contributed by atoms with Crippen LogP contribution in [0.4, 0.5) is 0 Å². The number of allylic oxidation sites excluding steroid dienone is 3. The Bertz CT molecular complexity index is 446. The monoisotopic (exact) mass is 381 g/mol. The lowest BCUT2D eigenvalue weighted by Crippen LogP contribution is -2.44. The van der Waals surface area contributed by atoms with Crippen molar-refractivity contribution in [2.24, 2.45) is 0 Å². The molecule has 2 atom stereocenters. The van der Waals surface area contributed by atoms with Gasteiger partial charge >= 0.3 is 7.12 Å². The number of alkyl halides is 1. The Labute approximate surface area is 149 Å². The molecule has 0 aromatic heterocycles. The number of rotatable bonds is 4. The first-order valence-electron chi connectivity index (χ1n) is 9.29. The SMILES string of the molecule is OB(O)C1CC=C(N(C2C=CCCC2)C2CCC(Br)CC2)CC1. The van der Waals surface area contributed by atoms with Crippen LogP contribution in [0.15, 0.2) is 23.9 Å². The van der Waals surface area contributed by atoms with Crippen LogP contribution in [-0.2, 0) is 0 Å². The zero-order valence-corrected chi connectivity index (χ0v) is 15.5. The molecule has 0 radical (unpaired) electrons. The molecule has 3 aliphatic carbocycles. The van der Waals surface area contributed by atoms with E-state index >= 15 is 0 Å². The summed E-state index contributed by atoms with van der Waals surface area (Å²) in [6, 6.07) is 1.20. The van der Waals surface area contributed by atoms with Crippen LogP contribution in [0.2, 0.25) is 5.82 Å². The van der Waals surface area contributed by atoms with Crippen molar-refractivity contribution in [3.8, 4) is 0 Å². The van der Waals surface area contributed by atoms with Crippen LogP contribution >= 0.6 is 15.9 Å². The fraction of sp³-hybridized carbons (Fsp3) is 0.778. The van der Waals surface area contributed by atoms with E-state index in [1.54, 1.807) is 0 Å². The van der Waals surface area contributed by atoms with Gasteiger partial charge in [-0.05, 0) is 70.0 Å². The summed E-state index contributed by atoms with van der Waals surface area (Å²) in [5.74, 6) is 0.0146. The van der Waals surface area contributed by atoms with Gasteiger partial charge in [-0.3, -0.25) is 0 Å². The Balaban J connectivity index is 1.75. The molecule has 3 aliphatic rings. The van der Waals surface area contributed by atoms with Crippen LogP contribution in [0, 0.1) is 0 Å². The summed E-state index contributed by atoms with van der Waals surface area (Å²) >= 11 is 3.78. The van der Waals surface area contributed by atoms with E-state index in [0.717, 1.165) is 19.3 Å². The Hall–Kier alpha value is -0.255. The molecule has 128 valence electrons. The fourth-order valence-corrected chi connectivity index (χ4v) is 4.93. The van der Waals surface area contributed by atoms with Crippen LogP contribution in [0.1, 0.15) is 64.2 Å². The highest BCUT2D eigenvalue weighted by atomic mass is 79.9. The first-order valence-corrected chi connectivity index (χ1v) is 10.2. The van der Waals surface area contributed by atoms with Crippen molar-refractivity contribution in [1.82, 2.24) is 4.90 Å². The molecule has 1 fully saturated rings. The van der Waals surface area contributed by atoms with E-state index in [0.29, 0.717) is 16.9 Å². The first-order chi connectivity index (χ1) is 11.1. The number of hydrogen-bond donors (Lipinski definition) is 2. The van der Waals surface area contributed by atoms with Gasteiger partial charge in [0.1, 0.15) is 0 Å². The molecule has 1 saturated carbocycles. The van der Waals surface area contributed by atoms with E-state index < -0.39 is 7.12 Å². The Morgan fingerprint density at radius 1 is 1.09 bits per heavy atom. The maximum Gasteiger partial charge on any atom is 0.455 e. The summed E-state index contributed by atoms with van der Waals surface area (Å²) in [6.07, 6.45) is 18.6. The Kier molecular flexibility index (Phi) is 6.28. The van der Waals surface area contributed by atoms with Crippen molar-refractivity contribution in [3.05, 3.63) is 23.9 Å². The topological polar surface area (TPSA) is 43.7 Å². The molecular weight excluding hydrogens is 353 g/mol. The zero-order chi connectivity index (χ0) is 16.2. The largest absolute Gasteiger partial charge is 0.455 e. The molecule has 23 heavy (non-hydrogen) atoms. The van der Waals surface area contributed by atoms with Crippen molar-refractivity contribution in [2.75, 3.05) is 0 Å². The van der Waals surface area contributed by atoms with Gasteiger partial charge in [-0.2, -0.15) is 0 Å². The molecule has 0 aromatic carbocycles. The molecule has 2 unspecified atom stereocenters. The predicted molar refractivity (Wildman–Crippen MR) is 99.5 cm³/mol. The molecule has 0 bridgehead atoms. The molecular formula is C18H29BBrNO2. The minimum absolute atomic E-state index is 0.0146. The maximum atomic E-state index is 9.42. The van der Waals surface area contributed by atoms with E-state index in [1.807, 2.05) is 0 Å². The van der Waals surface area contributed by atoms with Gasteiger partial charge < -0.3 is 14.9 Å². The summed E-state index contributed by atoms with van der Waals surface area (Å²) in [5, 5.41) is 18.8. The molecule has 3 rings (SSSR count).